The SMILES string of the molecule is Cc1nc(-c2ccc(NCc3ccccc3O)cc2)cs1. The van der Waals surface area contributed by atoms with E-state index in [2.05, 4.69) is 27.8 Å². The molecule has 0 radical (unpaired) electrons. The van der Waals surface area contributed by atoms with Crippen LogP contribution in [0.5, 0.6) is 5.75 Å². The highest BCUT2D eigenvalue weighted by Crippen LogP contribution is 2.24. The number of phenols is 1. The quantitative estimate of drug-likeness (QED) is 0.748. The summed E-state index contributed by atoms with van der Waals surface area (Å²) in [6.07, 6.45) is 0. The maximum absolute atomic E-state index is 9.74. The van der Waals surface area contributed by atoms with Crippen LogP contribution in [0, 0.1) is 6.92 Å². The van der Waals surface area contributed by atoms with Gasteiger partial charge in [0.15, 0.2) is 0 Å². The van der Waals surface area contributed by atoms with Crippen LogP contribution >= 0.6 is 11.3 Å². The van der Waals surface area contributed by atoms with Gasteiger partial charge in [-0.25, -0.2) is 4.98 Å². The van der Waals surface area contributed by atoms with E-state index in [1.165, 1.54) is 0 Å². The van der Waals surface area contributed by atoms with E-state index in [4.69, 9.17) is 0 Å². The number of nitrogens with zero attached hydrogens (tertiary/aromatic N) is 1. The number of hydrogen-bond acceptors (Lipinski definition) is 4. The van der Waals surface area contributed by atoms with Crippen LogP contribution in [0.1, 0.15) is 10.6 Å². The second-order valence-electron chi connectivity index (χ2n) is 4.81. The molecule has 0 aliphatic heterocycles. The Morgan fingerprint density at radius 2 is 1.86 bits per heavy atom. The molecule has 0 saturated carbocycles. The summed E-state index contributed by atoms with van der Waals surface area (Å²) in [7, 11) is 0. The zero-order chi connectivity index (χ0) is 14.7. The fourth-order valence-electron chi connectivity index (χ4n) is 2.11. The van der Waals surface area contributed by atoms with E-state index in [0.717, 1.165) is 27.5 Å². The third-order valence-corrected chi connectivity index (χ3v) is 4.05. The van der Waals surface area contributed by atoms with Crippen molar-refractivity contribution in [3.05, 3.63) is 64.5 Å². The van der Waals surface area contributed by atoms with Gasteiger partial charge in [0.25, 0.3) is 0 Å². The first-order valence-corrected chi connectivity index (χ1v) is 7.63. The van der Waals surface area contributed by atoms with Gasteiger partial charge in [0.05, 0.1) is 10.7 Å². The van der Waals surface area contributed by atoms with Gasteiger partial charge in [-0.15, -0.1) is 11.3 Å². The fourth-order valence-corrected chi connectivity index (χ4v) is 2.73. The van der Waals surface area contributed by atoms with Crippen molar-refractivity contribution in [2.24, 2.45) is 0 Å². The van der Waals surface area contributed by atoms with Gasteiger partial charge in [-0.3, -0.25) is 0 Å². The monoisotopic (exact) mass is 296 g/mol. The molecule has 0 aliphatic rings. The molecule has 4 heteroatoms. The standard InChI is InChI=1S/C17H16N2OS/c1-12-19-16(11-21-12)13-6-8-15(9-7-13)18-10-14-4-2-3-5-17(14)20/h2-9,11,18,20H,10H2,1H3. The number of hydrogen-bond donors (Lipinski definition) is 2. The van der Waals surface area contributed by atoms with Crippen molar-refractivity contribution in [1.29, 1.82) is 0 Å². The van der Waals surface area contributed by atoms with Gasteiger partial charge in [-0.05, 0) is 25.1 Å². The van der Waals surface area contributed by atoms with E-state index in [1.54, 1.807) is 17.4 Å². The number of aromatic hydroxyl groups is 1. The fraction of sp³-hybridized carbons (Fsp3) is 0.118. The van der Waals surface area contributed by atoms with Crippen molar-refractivity contribution in [2.75, 3.05) is 5.32 Å². The van der Waals surface area contributed by atoms with Crippen molar-refractivity contribution >= 4 is 17.0 Å². The number of anilines is 1. The summed E-state index contributed by atoms with van der Waals surface area (Å²) in [4.78, 5) is 4.48. The van der Waals surface area contributed by atoms with E-state index in [-0.39, 0.29) is 0 Å². The van der Waals surface area contributed by atoms with Crippen LogP contribution in [0.4, 0.5) is 5.69 Å². The molecule has 0 spiro atoms. The molecule has 0 aliphatic carbocycles. The van der Waals surface area contributed by atoms with Crippen LogP contribution < -0.4 is 5.32 Å². The molecule has 0 atom stereocenters. The minimum absolute atomic E-state index is 0.319. The van der Waals surface area contributed by atoms with Crippen molar-refractivity contribution < 1.29 is 5.11 Å². The number of phenolic OH excluding ortho intramolecular Hbond substituents is 1. The molecule has 0 amide bonds. The largest absolute Gasteiger partial charge is 0.508 e. The lowest BCUT2D eigenvalue weighted by Gasteiger charge is -2.08. The van der Waals surface area contributed by atoms with Gasteiger partial charge in [-0.1, -0.05) is 30.3 Å². The van der Waals surface area contributed by atoms with Crippen LogP contribution in [0.3, 0.4) is 0 Å². The average molecular weight is 296 g/mol. The molecule has 1 heterocycles. The third kappa shape index (κ3) is 3.23. The summed E-state index contributed by atoms with van der Waals surface area (Å²) in [6, 6.07) is 15.5. The van der Waals surface area contributed by atoms with Crippen molar-refractivity contribution in [2.45, 2.75) is 13.5 Å². The number of thiazole rings is 1. The van der Waals surface area contributed by atoms with Crippen LogP contribution in [0.15, 0.2) is 53.9 Å². The first-order valence-electron chi connectivity index (χ1n) is 6.76. The van der Waals surface area contributed by atoms with E-state index >= 15 is 0 Å². The summed E-state index contributed by atoms with van der Waals surface area (Å²) in [5.74, 6) is 0.319. The van der Waals surface area contributed by atoms with E-state index in [0.29, 0.717) is 12.3 Å². The number of rotatable bonds is 4. The van der Waals surface area contributed by atoms with Crippen LogP contribution in [0.2, 0.25) is 0 Å². The highest BCUT2D eigenvalue weighted by molar-refractivity contribution is 7.09. The normalized spacial score (nSPS) is 10.5. The molecule has 2 N–H and O–H groups in total. The van der Waals surface area contributed by atoms with Gasteiger partial charge < -0.3 is 10.4 Å². The Kier molecular flexibility index (Phi) is 3.88. The lowest BCUT2D eigenvalue weighted by atomic mass is 10.1. The summed E-state index contributed by atoms with van der Waals surface area (Å²) in [6.45, 7) is 2.61. The van der Waals surface area contributed by atoms with Crippen LogP contribution in [-0.4, -0.2) is 10.1 Å². The molecule has 3 nitrogen and oxygen atoms in total. The topological polar surface area (TPSA) is 45.2 Å². The number of nitrogens with one attached hydrogen (secondary N) is 1. The van der Waals surface area contributed by atoms with Gasteiger partial charge in [0.2, 0.25) is 0 Å². The van der Waals surface area contributed by atoms with Crippen molar-refractivity contribution in [3.63, 3.8) is 0 Å². The Morgan fingerprint density at radius 3 is 2.52 bits per heavy atom. The molecule has 106 valence electrons. The number of benzene rings is 2. The molecule has 0 fully saturated rings. The number of aryl methyl sites for hydroxylation is 1. The Morgan fingerprint density at radius 1 is 1.10 bits per heavy atom. The zero-order valence-corrected chi connectivity index (χ0v) is 12.5. The molecule has 3 aromatic rings. The van der Waals surface area contributed by atoms with E-state index in [9.17, 15) is 5.11 Å². The predicted molar refractivity (Wildman–Crippen MR) is 87.7 cm³/mol. The van der Waals surface area contributed by atoms with Crippen molar-refractivity contribution in [1.82, 2.24) is 4.98 Å². The Labute approximate surface area is 127 Å². The summed E-state index contributed by atoms with van der Waals surface area (Å²) in [5, 5.41) is 16.2. The van der Waals surface area contributed by atoms with Gasteiger partial charge in [0.1, 0.15) is 5.75 Å². The summed E-state index contributed by atoms with van der Waals surface area (Å²) >= 11 is 1.66. The third-order valence-electron chi connectivity index (χ3n) is 3.27. The van der Waals surface area contributed by atoms with E-state index in [1.807, 2.05) is 37.3 Å². The first kappa shape index (κ1) is 13.6. The highest BCUT2D eigenvalue weighted by atomic mass is 32.1. The molecule has 0 bridgehead atoms. The minimum Gasteiger partial charge on any atom is -0.508 e. The van der Waals surface area contributed by atoms with Gasteiger partial charge in [0, 0.05) is 28.7 Å². The number of para-hydroxylation sites is 1. The highest BCUT2D eigenvalue weighted by Gasteiger charge is 2.03. The molecule has 0 saturated heterocycles. The van der Waals surface area contributed by atoms with Gasteiger partial charge >= 0.3 is 0 Å². The second kappa shape index (κ2) is 5.97. The van der Waals surface area contributed by atoms with E-state index < -0.39 is 0 Å². The van der Waals surface area contributed by atoms with Crippen molar-refractivity contribution in [3.8, 4) is 17.0 Å². The van der Waals surface area contributed by atoms with Gasteiger partial charge in [-0.2, -0.15) is 0 Å². The molecular weight excluding hydrogens is 280 g/mol. The first-order chi connectivity index (χ1) is 10.2. The molecule has 1 aromatic heterocycles. The number of aromatic nitrogens is 1. The smallest absolute Gasteiger partial charge is 0.120 e. The average Bonchev–Trinajstić information content (AvgIpc) is 2.94. The summed E-state index contributed by atoms with van der Waals surface area (Å²) in [5.41, 5.74) is 4.04. The van der Waals surface area contributed by atoms with Crippen LogP contribution in [0.25, 0.3) is 11.3 Å². The lowest BCUT2D eigenvalue weighted by Crippen LogP contribution is -1.99. The Balaban J connectivity index is 1.69. The molecular formula is C17H16N2OS. The van der Waals surface area contributed by atoms with Crippen LogP contribution in [-0.2, 0) is 6.54 Å². The molecule has 21 heavy (non-hydrogen) atoms. The Bertz CT molecular complexity index is 735. The molecule has 2 aromatic carbocycles. The second-order valence-corrected chi connectivity index (χ2v) is 5.87. The molecule has 0 unspecified atom stereocenters. The molecule has 3 rings (SSSR count). The zero-order valence-electron chi connectivity index (χ0n) is 11.7. The maximum atomic E-state index is 9.74. The predicted octanol–water partition coefficient (Wildman–Crippen LogP) is 4.44. The minimum atomic E-state index is 0.319. The lowest BCUT2D eigenvalue weighted by molar-refractivity contribution is 0.469. The maximum Gasteiger partial charge on any atom is 0.120 e. The summed E-state index contributed by atoms with van der Waals surface area (Å²) < 4.78 is 0. The Hall–Kier alpha value is -2.33.